The summed E-state index contributed by atoms with van der Waals surface area (Å²) in [6, 6.07) is 0. The molecular formula is C9H17N. The average Bonchev–Trinajstić information content (AvgIpc) is 1.83. The number of nitrogens with two attached hydrogens (primary N) is 1. The molecule has 10 heavy (non-hydrogen) atoms. The van der Waals surface area contributed by atoms with E-state index in [4.69, 9.17) is 5.73 Å². The van der Waals surface area contributed by atoms with Crippen molar-refractivity contribution in [2.24, 2.45) is 11.7 Å². The Balaban J connectivity index is 2.38. The molecule has 2 N–H and O–H groups in total. The molecule has 1 rings (SSSR count). The molecule has 1 aliphatic rings. The molecule has 0 aromatic carbocycles. The van der Waals surface area contributed by atoms with Gasteiger partial charge in [0.2, 0.25) is 0 Å². The fraction of sp³-hybridized carbons (Fsp3) is 0.778. The SMILES string of the molecule is C=CC[C@H](C)C1(N)CCC1. The van der Waals surface area contributed by atoms with Crippen molar-refractivity contribution in [1.29, 1.82) is 0 Å². The van der Waals surface area contributed by atoms with E-state index in [9.17, 15) is 0 Å². The quantitative estimate of drug-likeness (QED) is 0.595. The summed E-state index contributed by atoms with van der Waals surface area (Å²) < 4.78 is 0. The molecule has 1 fully saturated rings. The molecule has 1 atom stereocenters. The fourth-order valence-corrected chi connectivity index (χ4v) is 1.56. The molecule has 1 heteroatoms. The van der Waals surface area contributed by atoms with E-state index in [2.05, 4.69) is 13.5 Å². The summed E-state index contributed by atoms with van der Waals surface area (Å²) in [7, 11) is 0. The van der Waals surface area contributed by atoms with Gasteiger partial charge in [0.05, 0.1) is 0 Å². The third-order valence-corrected chi connectivity index (χ3v) is 2.79. The topological polar surface area (TPSA) is 26.0 Å². The predicted molar refractivity (Wildman–Crippen MR) is 44.7 cm³/mol. The summed E-state index contributed by atoms with van der Waals surface area (Å²) in [6.07, 6.45) is 6.77. The van der Waals surface area contributed by atoms with Crippen molar-refractivity contribution >= 4 is 0 Å². The molecule has 0 aromatic rings. The van der Waals surface area contributed by atoms with E-state index in [0.29, 0.717) is 5.92 Å². The van der Waals surface area contributed by atoms with E-state index in [1.54, 1.807) is 0 Å². The number of hydrogen-bond acceptors (Lipinski definition) is 1. The Kier molecular flexibility index (Phi) is 2.14. The molecule has 1 nitrogen and oxygen atoms in total. The third-order valence-electron chi connectivity index (χ3n) is 2.79. The van der Waals surface area contributed by atoms with Gasteiger partial charge in [0.1, 0.15) is 0 Å². The summed E-state index contributed by atoms with van der Waals surface area (Å²) in [5.74, 6) is 0.624. The fourth-order valence-electron chi connectivity index (χ4n) is 1.56. The first-order chi connectivity index (χ1) is 4.69. The second-order valence-electron chi connectivity index (χ2n) is 3.51. The van der Waals surface area contributed by atoms with Gasteiger partial charge in [-0.25, -0.2) is 0 Å². The molecule has 0 unspecified atom stereocenters. The standard InChI is InChI=1S/C9H17N/c1-3-5-8(2)9(10)6-4-7-9/h3,8H,1,4-7,10H2,2H3/t8-/m0/s1. The van der Waals surface area contributed by atoms with Crippen LogP contribution in [0.15, 0.2) is 12.7 Å². The van der Waals surface area contributed by atoms with Crippen LogP contribution in [0, 0.1) is 5.92 Å². The van der Waals surface area contributed by atoms with Crippen molar-refractivity contribution in [3.8, 4) is 0 Å². The minimum Gasteiger partial charge on any atom is -0.325 e. The Hall–Kier alpha value is -0.300. The average molecular weight is 139 g/mol. The van der Waals surface area contributed by atoms with Gasteiger partial charge in [-0.05, 0) is 31.6 Å². The van der Waals surface area contributed by atoms with E-state index >= 15 is 0 Å². The van der Waals surface area contributed by atoms with Crippen molar-refractivity contribution in [2.45, 2.75) is 38.1 Å². The minimum absolute atomic E-state index is 0.161. The van der Waals surface area contributed by atoms with Crippen LogP contribution >= 0.6 is 0 Å². The molecule has 0 amide bonds. The first kappa shape index (κ1) is 7.80. The van der Waals surface area contributed by atoms with Gasteiger partial charge in [0.15, 0.2) is 0 Å². The maximum Gasteiger partial charge on any atom is 0.0183 e. The van der Waals surface area contributed by atoms with Crippen molar-refractivity contribution in [3.05, 3.63) is 12.7 Å². The molecule has 0 aliphatic heterocycles. The summed E-state index contributed by atoms with van der Waals surface area (Å²) in [6.45, 7) is 5.94. The Labute approximate surface area is 63.3 Å². The maximum absolute atomic E-state index is 6.08. The first-order valence-corrected chi connectivity index (χ1v) is 4.09. The molecular weight excluding hydrogens is 122 g/mol. The molecule has 0 spiro atoms. The summed E-state index contributed by atoms with van der Waals surface area (Å²) in [5.41, 5.74) is 6.25. The van der Waals surface area contributed by atoms with Crippen LogP contribution < -0.4 is 5.73 Å². The number of rotatable bonds is 3. The zero-order valence-electron chi connectivity index (χ0n) is 6.77. The van der Waals surface area contributed by atoms with Crippen LogP contribution in [0.25, 0.3) is 0 Å². The smallest absolute Gasteiger partial charge is 0.0183 e. The monoisotopic (exact) mass is 139 g/mol. The van der Waals surface area contributed by atoms with Gasteiger partial charge < -0.3 is 5.73 Å². The van der Waals surface area contributed by atoms with Crippen molar-refractivity contribution in [2.75, 3.05) is 0 Å². The number of hydrogen-bond donors (Lipinski definition) is 1. The highest BCUT2D eigenvalue weighted by molar-refractivity contribution is 4.98. The summed E-state index contributed by atoms with van der Waals surface area (Å²) in [5, 5.41) is 0. The Morgan fingerprint density at radius 2 is 2.30 bits per heavy atom. The molecule has 0 radical (unpaired) electrons. The van der Waals surface area contributed by atoms with Gasteiger partial charge in [-0.3, -0.25) is 0 Å². The van der Waals surface area contributed by atoms with Gasteiger partial charge in [-0.15, -0.1) is 6.58 Å². The van der Waals surface area contributed by atoms with Crippen LogP contribution in [0.3, 0.4) is 0 Å². The van der Waals surface area contributed by atoms with E-state index in [-0.39, 0.29) is 5.54 Å². The maximum atomic E-state index is 6.08. The molecule has 0 aromatic heterocycles. The van der Waals surface area contributed by atoms with Crippen LogP contribution in [0.4, 0.5) is 0 Å². The first-order valence-electron chi connectivity index (χ1n) is 4.09. The molecule has 1 aliphatic carbocycles. The molecule has 0 heterocycles. The lowest BCUT2D eigenvalue weighted by Crippen LogP contribution is -2.51. The highest BCUT2D eigenvalue weighted by Gasteiger charge is 2.36. The largest absolute Gasteiger partial charge is 0.325 e. The lowest BCUT2D eigenvalue weighted by atomic mass is 9.68. The zero-order valence-corrected chi connectivity index (χ0v) is 6.77. The highest BCUT2D eigenvalue weighted by Crippen LogP contribution is 2.37. The van der Waals surface area contributed by atoms with Gasteiger partial charge >= 0.3 is 0 Å². The normalized spacial score (nSPS) is 25.0. The van der Waals surface area contributed by atoms with Crippen LogP contribution in [-0.2, 0) is 0 Å². The lowest BCUT2D eigenvalue weighted by Gasteiger charge is -2.43. The van der Waals surface area contributed by atoms with Crippen LogP contribution in [0.5, 0.6) is 0 Å². The minimum atomic E-state index is 0.161. The highest BCUT2D eigenvalue weighted by atomic mass is 14.8. The van der Waals surface area contributed by atoms with Gasteiger partial charge in [-0.2, -0.15) is 0 Å². The van der Waals surface area contributed by atoms with Crippen LogP contribution in [-0.4, -0.2) is 5.54 Å². The van der Waals surface area contributed by atoms with Crippen LogP contribution in [0.1, 0.15) is 32.6 Å². The van der Waals surface area contributed by atoms with E-state index in [0.717, 1.165) is 6.42 Å². The molecule has 58 valence electrons. The summed E-state index contributed by atoms with van der Waals surface area (Å²) >= 11 is 0. The lowest BCUT2D eigenvalue weighted by molar-refractivity contribution is 0.166. The second kappa shape index (κ2) is 2.75. The second-order valence-corrected chi connectivity index (χ2v) is 3.51. The number of allylic oxidation sites excluding steroid dienone is 1. The van der Waals surface area contributed by atoms with Gasteiger partial charge in [-0.1, -0.05) is 13.0 Å². The third kappa shape index (κ3) is 1.24. The molecule has 0 saturated heterocycles. The van der Waals surface area contributed by atoms with Crippen molar-refractivity contribution in [1.82, 2.24) is 0 Å². The van der Waals surface area contributed by atoms with Gasteiger partial charge in [0, 0.05) is 5.54 Å². The van der Waals surface area contributed by atoms with E-state index < -0.39 is 0 Å². The zero-order chi connectivity index (χ0) is 7.61. The van der Waals surface area contributed by atoms with Crippen LogP contribution in [0.2, 0.25) is 0 Å². The van der Waals surface area contributed by atoms with Gasteiger partial charge in [0.25, 0.3) is 0 Å². The Bertz CT molecular complexity index is 125. The molecule has 1 saturated carbocycles. The van der Waals surface area contributed by atoms with Crippen molar-refractivity contribution in [3.63, 3.8) is 0 Å². The predicted octanol–water partition coefficient (Wildman–Crippen LogP) is 2.08. The van der Waals surface area contributed by atoms with E-state index in [1.165, 1.54) is 19.3 Å². The Morgan fingerprint density at radius 1 is 1.70 bits per heavy atom. The Morgan fingerprint density at radius 3 is 2.60 bits per heavy atom. The summed E-state index contributed by atoms with van der Waals surface area (Å²) in [4.78, 5) is 0. The molecule has 0 bridgehead atoms. The van der Waals surface area contributed by atoms with E-state index in [1.807, 2.05) is 6.08 Å². The van der Waals surface area contributed by atoms with Crippen molar-refractivity contribution < 1.29 is 0 Å².